The molecule has 0 saturated carbocycles. The van der Waals surface area contributed by atoms with E-state index in [0.717, 1.165) is 6.67 Å². The van der Waals surface area contributed by atoms with Crippen LogP contribution in [0.5, 0.6) is 0 Å². The van der Waals surface area contributed by atoms with Crippen LogP contribution in [0.2, 0.25) is 0 Å². The molecule has 0 aromatic heterocycles. The van der Waals surface area contributed by atoms with Gasteiger partial charge in [0.05, 0.1) is 6.67 Å². The first-order valence-electron chi connectivity index (χ1n) is 3.19. The molecule has 0 aromatic rings. The van der Waals surface area contributed by atoms with Crippen molar-refractivity contribution in [2.45, 2.75) is 13.0 Å². The van der Waals surface area contributed by atoms with Gasteiger partial charge in [0.25, 0.3) is 0 Å². The normalized spacial score (nSPS) is 26.4. The van der Waals surface area contributed by atoms with Crippen molar-refractivity contribution in [3.05, 3.63) is 11.9 Å². The molecule has 0 bridgehead atoms. The second-order valence-corrected chi connectivity index (χ2v) is 2.16. The Balaban J connectivity index is 2.53. The van der Waals surface area contributed by atoms with Crippen molar-refractivity contribution < 1.29 is 0 Å². The maximum atomic E-state index is 3.24. The van der Waals surface area contributed by atoms with Gasteiger partial charge < -0.3 is 10.6 Å². The number of nitrogens with one attached hydrogen (secondary N) is 3. The molecule has 0 fully saturated rings. The highest BCUT2D eigenvalue weighted by Gasteiger charge is 2.08. The van der Waals surface area contributed by atoms with Gasteiger partial charge in [-0.1, -0.05) is 0 Å². The van der Waals surface area contributed by atoms with Gasteiger partial charge in [-0.25, -0.2) is 0 Å². The Morgan fingerprint density at radius 2 is 2.56 bits per heavy atom. The lowest BCUT2D eigenvalue weighted by molar-refractivity contribution is 0.526. The Morgan fingerprint density at radius 3 is 3.00 bits per heavy atom. The van der Waals surface area contributed by atoms with E-state index in [1.807, 2.05) is 13.2 Å². The maximum absolute atomic E-state index is 3.24. The van der Waals surface area contributed by atoms with Gasteiger partial charge >= 0.3 is 0 Å². The monoisotopic (exact) mass is 127 g/mol. The van der Waals surface area contributed by atoms with Gasteiger partial charge in [-0.15, -0.1) is 0 Å². The Bertz CT molecular complexity index is 119. The lowest BCUT2D eigenvalue weighted by atomic mass is 10.2. The summed E-state index contributed by atoms with van der Waals surface area (Å²) in [4.78, 5) is 0. The average Bonchev–Trinajstić information content (AvgIpc) is 1.89. The second kappa shape index (κ2) is 2.73. The Hall–Kier alpha value is -0.700. The van der Waals surface area contributed by atoms with Crippen LogP contribution < -0.4 is 16.0 Å². The summed E-state index contributed by atoms with van der Waals surface area (Å²) in [5.41, 5.74) is 1.21. The summed E-state index contributed by atoms with van der Waals surface area (Å²) in [5, 5.41) is 9.41. The summed E-state index contributed by atoms with van der Waals surface area (Å²) in [6, 6.07) is 0.455. The van der Waals surface area contributed by atoms with E-state index in [0.29, 0.717) is 6.04 Å². The molecular formula is C6H13N3. The molecule has 0 aliphatic carbocycles. The number of rotatable bonds is 1. The minimum atomic E-state index is 0.455. The zero-order chi connectivity index (χ0) is 6.69. The third-order valence-electron chi connectivity index (χ3n) is 1.52. The van der Waals surface area contributed by atoms with Crippen LogP contribution in [0, 0.1) is 0 Å². The molecule has 1 rings (SSSR count). The summed E-state index contributed by atoms with van der Waals surface area (Å²) in [6.07, 6.45) is 2.00. The molecule has 3 nitrogen and oxygen atoms in total. The van der Waals surface area contributed by atoms with Crippen molar-refractivity contribution in [2.24, 2.45) is 0 Å². The lowest BCUT2D eigenvalue weighted by Crippen LogP contribution is -2.42. The van der Waals surface area contributed by atoms with Gasteiger partial charge in [0.15, 0.2) is 0 Å². The predicted octanol–water partition coefficient (Wildman–Crippen LogP) is -0.414. The summed E-state index contributed by atoms with van der Waals surface area (Å²) in [7, 11) is 1.93. The highest BCUT2D eigenvalue weighted by Crippen LogP contribution is 1.96. The third-order valence-corrected chi connectivity index (χ3v) is 1.52. The van der Waals surface area contributed by atoms with Crippen molar-refractivity contribution in [1.82, 2.24) is 16.0 Å². The quantitative estimate of drug-likeness (QED) is 0.448. The molecule has 1 aliphatic rings. The number of hydrogen-bond acceptors (Lipinski definition) is 3. The van der Waals surface area contributed by atoms with Gasteiger partial charge in [0.2, 0.25) is 0 Å². The molecule has 3 N–H and O–H groups in total. The standard InChI is InChI=1S/C6H13N3/c1-5-6(7-2)3-8-4-9-5/h3,5,7-9H,4H2,1-2H3. The minimum Gasteiger partial charge on any atom is -0.389 e. The van der Waals surface area contributed by atoms with E-state index in [-0.39, 0.29) is 0 Å². The fraction of sp³-hybridized carbons (Fsp3) is 0.667. The first kappa shape index (κ1) is 6.42. The zero-order valence-corrected chi connectivity index (χ0v) is 5.86. The van der Waals surface area contributed by atoms with Crippen LogP contribution in [0.25, 0.3) is 0 Å². The van der Waals surface area contributed by atoms with Crippen molar-refractivity contribution in [2.75, 3.05) is 13.7 Å². The molecule has 0 aromatic carbocycles. The van der Waals surface area contributed by atoms with Crippen LogP contribution in [0.15, 0.2) is 11.9 Å². The number of likely N-dealkylation sites (N-methyl/N-ethyl adjacent to an activating group) is 1. The summed E-state index contributed by atoms with van der Waals surface area (Å²) >= 11 is 0. The van der Waals surface area contributed by atoms with Crippen molar-refractivity contribution in [3.63, 3.8) is 0 Å². The molecule has 0 saturated heterocycles. The van der Waals surface area contributed by atoms with Crippen molar-refractivity contribution in [1.29, 1.82) is 0 Å². The van der Waals surface area contributed by atoms with Crippen LogP contribution in [-0.4, -0.2) is 19.8 Å². The first-order valence-corrected chi connectivity index (χ1v) is 3.19. The minimum absolute atomic E-state index is 0.455. The molecule has 1 unspecified atom stereocenters. The van der Waals surface area contributed by atoms with E-state index in [1.165, 1.54) is 5.70 Å². The van der Waals surface area contributed by atoms with Gasteiger partial charge in [0, 0.05) is 25.0 Å². The summed E-state index contributed by atoms with van der Waals surface area (Å²) < 4.78 is 0. The Labute approximate surface area is 55.5 Å². The van der Waals surface area contributed by atoms with E-state index in [9.17, 15) is 0 Å². The fourth-order valence-corrected chi connectivity index (χ4v) is 0.897. The van der Waals surface area contributed by atoms with Crippen LogP contribution in [0.4, 0.5) is 0 Å². The molecule has 1 heterocycles. The summed E-state index contributed by atoms with van der Waals surface area (Å²) in [6.45, 7) is 3.00. The van der Waals surface area contributed by atoms with Crippen LogP contribution in [0.1, 0.15) is 6.92 Å². The van der Waals surface area contributed by atoms with Gasteiger partial charge in [-0.2, -0.15) is 0 Å². The van der Waals surface area contributed by atoms with E-state index < -0.39 is 0 Å². The molecule has 3 heteroatoms. The van der Waals surface area contributed by atoms with Crippen molar-refractivity contribution in [3.8, 4) is 0 Å². The molecule has 1 aliphatic heterocycles. The van der Waals surface area contributed by atoms with Gasteiger partial charge in [-0.05, 0) is 6.92 Å². The van der Waals surface area contributed by atoms with E-state index in [2.05, 4.69) is 22.9 Å². The maximum Gasteiger partial charge on any atom is 0.0653 e. The SMILES string of the molecule is CNC1=CNCNC1C. The summed E-state index contributed by atoms with van der Waals surface area (Å²) in [5.74, 6) is 0. The lowest BCUT2D eigenvalue weighted by Gasteiger charge is -2.22. The van der Waals surface area contributed by atoms with E-state index >= 15 is 0 Å². The van der Waals surface area contributed by atoms with Gasteiger partial charge in [-0.3, -0.25) is 5.32 Å². The van der Waals surface area contributed by atoms with Gasteiger partial charge in [0.1, 0.15) is 0 Å². The topological polar surface area (TPSA) is 36.1 Å². The smallest absolute Gasteiger partial charge is 0.0653 e. The van der Waals surface area contributed by atoms with Crippen LogP contribution in [0.3, 0.4) is 0 Å². The zero-order valence-electron chi connectivity index (χ0n) is 5.86. The fourth-order valence-electron chi connectivity index (χ4n) is 0.897. The van der Waals surface area contributed by atoms with Crippen LogP contribution in [-0.2, 0) is 0 Å². The Kier molecular flexibility index (Phi) is 1.95. The Morgan fingerprint density at radius 1 is 1.78 bits per heavy atom. The second-order valence-electron chi connectivity index (χ2n) is 2.16. The molecular weight excluding hydrogens is 114 g/mol. The molecule has 0 radical (unpaired) electrons. The molecule has 9 heavy (non-hydrogen) atoms. The van der Waals surface area contributed by atoms with E-state index in [1.54, 1.807) is 0 Å². The first-order chi connectivity index (χ1) is 4.34. The highest BCUT2D eigenvalue weighted by atomic mass is 15.1. The largest absolute Gasteiger partial charge is 0.389 e. The average molecular weight is 127 g/mol. The predicted molar refractivity (Wildman–Crippen MR) is 37.7 cm³/mol. The molecule has 0 amide bonds. The molecule has 0 spiro atoms. The third kappa shape index (κ3) is 1.36. The molecule has 1 atom stereocenters. The van der Waals surface area contributed by atoms with Crippen molar-refractivity contribution >= 4 is 0 Å². The molecule has 52 valence electrons. The van der Waals surface area contributed by atoms with E-state index in [4.69, 9.17) is 0 Å². The highest BCUT2D eigenvalue weighted by molar-refractivity contribution is 5.08. The number of hydrogen-bond donors (Lipinski definition) is 3. The van der Waals surface area contributed by atoms with Crippen LogP contribution >= 0.6 is 0 Å².